The molecule has 0 saturated carbocycles. The summed E-state index contributed by atoms with van der Waals surface area (Å²) in [6, 6.07) is 8.24. The highest BCUT2D eigenvalue weighted by atomic mass is 14.8. The molecule has 0 aliphatic rings. The highest BCUT2D eigenvalue weighted by Crippen LogP contribution is 2.28. The molecule has 1 aromatic carbocycles. The Morgan fingerprint density at radius 1 is 1.24 bits per heavy atom. The first kappa shape index (κ1) is 13.9. The minimum atomic E-state index is 0.224. The molecule has 17 heavy (non-hydrogen) atoms. The third-order valence-corrected chi connectivity index (χ3v) is 3.21. The second-order valence-corrected chi connectivity index (χ2v) is 5.12. The summed E-state index contributed by atoms with van der Waals surface area (Å²) in [7, 11) is 5.71. The van der Waals surface area contributed by atoms with Crippen LogP contribution < -0.4 is 10.8 Å². The first-order chi connectivity index (χ1) is 8.06. The van der Waals surface area contributed by atoms with Crippen LogP contribution in [-0.2, 0) is 5.41 Å². The Kier molecular flexibility index (Phi) is 5.34. The van der Waals surface area contributed by atoms with Crippen molar-refractivity contribution >= 4 is 13.3 Å². The van der Waals surface area contributed by atoms with E-state index in [1.807, 2.05) is 12.1 Å². The van der Waals surface area contributed by atoms with Gasteiger partial charge in [-0.05, 0) is 30.0 Å². The molecule has 0 aromatic heterocycles. The van der Waals surface area contributed by atoms with E-state index < -0.39 is 0 Å². The molecule has 0 aliphatic carbocycles. The summed E-state index contributed by atoms with van der Waals surface area (Å²) in [5.74, 6) is 0. The molecular formula is C15H22BN. The van der Waals surface area contributed by atoms with Gasteiger partial charge in [-0.1, -0.05) is 56.6 Å². The third kappa shape index (κ3) is 4.68. The number of unbranched alkanes of at least 4 members (excludes halogenated alkanes) is 1. The molecule has 90 valence electrons. The average molecular weight is 227 g/mol. The molecule has 0 amide bonds. The molecule has 0 bridgehead atoms. The molecule has 1 nitrogen and oxygen atoms in total. The molecular weight excluding hydrogens is 205 g/mol. The second kappa shape index (κ2) is 6.53. The van der Waals surface area contributed by atoms with Gasteiger partial charge in [0.05, 0.1) is 0 Å². The summed E-state index contributed by atoms with van der Waals surface area (Å²) < 4.78 is 0. The van der Waals surface area contributed by atoms with E-state index >= 15 is 0 Å². The number of rotatable bonds is 7. The smallest absolute Gasteiger partial charge is 0.113 e. The Labute approximate surface area is 107 Å². The molecule has 0 saturated heterocycles. The maximum atomic E-state index is 5.71. The molecule has 1 aromatic rings. The number of nitrogens with one attached hydrogen (secondary N) is 1. The Morgan fingerprint density at radius 3 is 2.47 bits per heavy atom. The minimum Gasteiger partial charge on any atom is -0.391 e. The van der Waals surface area contributed by atoms with Crippen LogP contribution in [0.2, 0.25) is 0 Å². The van der Waals surface area contributed by atoms with Crippen molar-refractivity contribution in [1.29, 1.82) is 0 Å². The van der Waals surface area contributed by atoms with Crippen LogP contribution in [0.25, 0.3) is 0 Å². The van der Waals surface area contributed by atoms with Gasteiger partial charge < -0.3 is 5.32 Å². The van der Waals surface area contributed by atoms with Crippen molar-refractivity contribution in [1.82, 2.24) is 5.32 Å². The Bertz CT molecular complexity index is 340. The van der Waals surface area contributed by atoms with Gasteiger partial charge in [0.15, 0.2) is 0 Å². The normalized spacial score (nSPS) is 11.2. The van der Waals surface area contributed by atoms with Gasteiger partial charge in [0.1, 0.15) is 7.85 Å². The van der Waals surface area contributed by atoms with E-state index in [1.165, 1.54) is 24.8 Å². The maximum Gasteiger partial charge on any atom is 0.113 e. The van der Waals surface area contributed by atoms with Crippen molar-refractivity contribution in [3.05, 3.63) is 42.6 Å². The molecule has 2 radical (unpaired) electrons. The fourth-order valence-electron chi connectivity index (χ4n) is 1.97. The van der Waals surface area contributed by atoms with E-state index in [4.69, 9.17) is 7.85 Å². The summed E-state index contributed by atoms with van der Waals surface area (Å²) in [5, 5.41) is 3.13. The zero-order valence-electron chi connectivity index (χ0n) is 11.0. The van der Waals surface area contributed by atoms with Crippen molar-refractivity contribution in [3.8, 4) is 0 Å². The lowest BCUT2D eigenvalue weighted by molar-refractivity contribution is 0.450. The lowest BCUT2D eigenvalue weighted by Gasteiger charge is -2.25. The van der Waals surface area contributed by atoms with Crippen LogP contribution in [0.4, 0.5) is 0 Å². The summed E-state index contributed by atoms with van der Waals surface area (Å²) >= 11 is 0. The topological polar surface area (TPSA) is 12.0 Å². The van der Waals surface area contributed by atoms with Crippen LogP contribution in [0.5, 0.6) is 0 Å². The van der Waals surface area contributed by atoms with Crippen LogP contribution in [0.1, 0.15) is 38.7 Å². The monoisotopic (exact) mass is 227 g/mol. The van der Waals surface area contributed by atoms with Crippen LogP contribution in [-0.4, -0.2) is 14.4 Å². The van der Waals surface area contributed by atoms with Crippen molar-refractivity contribution in [2.24, 2.45) is 0 Å². The minimum absolute atomic E-state index is 0.224. The summed E-state index contributed by atoms with van der Waals surface area (Å²) in [5.41, 5.74) is 2.42. The highest BCUT2D eigenvalue weighted by Gasteiger charge is 2.19. The molecule has 0 heterocycles. The quantitative estimate of drug-likeness (QED) is 0.557. The zero-order chi connectivity index (χ0) is 12.7. The lowest BCUT2D eigenvalue weighted by Crippen LogP contribution is -2.18. The van der Waals surface area contributed by atoms with E-state index in [-0.39, 0.29) is 5.41 Å². The predicted octanol–water partition coefficient (Wildman–Crippen LogP) is 2.66. The Hall–Kier alpha value is -1.18. The van der Waals surface area contributed by atoms with Gasteiger partial charge in [0, 0.05) is 6.54 Å². The molecule has 2 heteroatoms. The van der Waals surface area contributed by atoms with Crippen LogP contribution in [0.15, 0.2) is 37.0 Å². The van der Waals surface area contributed by atoms with Gasteiger partial charge in [-0.25, -0.2) is 0 Å². The van der Waals surface area contributed by atoms with Crippen molar-refractivity contribution in [2.45, 2.75) is 38.5 Å². The number of benzene rings is 1. The van der Waals surface area contributed by atoms with Gasteiger partial charge in [-0.15, -0.1) is 0 Å². The lowest BCUT2D eigenvalue weighted by atomic mass is 9.79. The molecule has 0 atom stereocenters. The zero-order valence-corrected chi connectivity index (χ0v) is 11.0. The molecule has 0 spiro atoms. The Balaban J connectivity index is 2.44. The summed E-state index contributed by atoms with van der Waals surface area (Å²) in [6.45, 7) is 9.24. The number of hydrogen-bond acceptors (Lipinski definition) is 1. The summed E-state index contributed by atoms with van der Waals surface area (Å²) in [6.07, 6.45) is 5.35. The van der Waals surface area contributed by atoms with Crippen LogP contribution in [0.3, 0.4) is 0 Å². The maximum absolute atomic E-state index is 5.71. The van der Waals surface area contributed by atoms with Gasteiger partial charge in [-0.3, -0.25) is 0 Å². The predicted molar refractivity (Wildman–Crippen MR) is 76.9 cm³/mol. The van der Waals surface area contributed by atoms with E-state index in [9.17, 15) is 0 Å². The summed E-state index contributed by atoms with van der Waals surface area (Å²) in [4.78, 5) is 0. The van der Waals surface area contributed by atoms with Gasteiger partial charge >= 0.3 is 0 Å². The van der Waals surface area contributed by atoms with Crippen molar-refractivity contribution in [2.75, 3.05) is 6.54 Å². The molecule has 0 fully saturated rings. The standard InChI is InChI=1S/C15H22BN/c1-4-17-12-6-5-11-15(2,3)13-7-9-14(16)10-8-13/h4,7-10,17H,1,5-6,11-12H2,2-3H3. The largest absolute Gasteiger partial charge is 0.391 e. The van der Waals surface area contributed by atoms with Gasteiger partial charge in [0.25, 0.3) is 0 Å². The average Bonchev–Trinajstić information content (AvgIpc) is 2.29. The van der Waals surface area contributed by atoms with Crippen molar-refractivity contribution < 1.29 is 0 Å². The first-order valence-corrected chi connectivity index (χ1v) is 6.26. The fourth-order valence-corrected chi connectivity index (χ4v) is 1.97. The third-order valence-electron chi connectivity index (χ3n) is 3.21. The molecule has 1 rings (SSSR count). The molecule has 0 aliphatic heterocycles. The van der Waals surface area contributed by atoms with Crippen LogP contribution in [0, 0.1) is 0 Å². The molecule has 1 N–H and O–H groups in total. The number of hydrogen-bond donors (Lipinski definition) is 1. The van der Waals surface area contributed by atoms with Crippen molar-refractivity contribution in [3.63, 3.8) is 0 Å². The SMILES string of the molecule is [B]c1ccc(C(C)(C)CCCCNC=C)cc1. The Morgan fingerprint density at radius 2 is 1.88 bits per heavy atom. The second-order valence-electron chi connectivity index (χ2n) is 5.12. The van der Waals surface area contributed by atoms with E-state index in [0.29, 0.717) is 0 Å². The van der Waals surface area contributed by atoms with E-state index in [1.54, 1.807) is 6.20 Å². The van der Waals surface area contributed by atoms with Gasteiger partial charge in [0.2, 0.25) is 0 Å². The highest BCUT2D eigenvalue weighted by molar-refractivity contribution is 6.32. The van der Waals surface area contributed by atoms with Crippen LogP contribution >= 0.6 is 0 Å². The van der Waals surface area contributed by atoms with E-state index in [2.05, 4.69) is 37.9 Å². The van der Waals surface area contributed by atoms with Gasteiger partial charge in [-0.2, -0.15) is 0 Å². The van der Waals surface area contributed by atoms with E-state index in [0.717, 1.165) is 12.0 Å². The first-order valence-electron chi connectivity index (χ1n) is 6.26. The molecule has 0 unspecified atom stereocenters. The fraction of sp³-hybridized carbons (Fsp3) is 0.467.